The molecule has 0 saturated heterocycles. The number of sulfonamides is 1. The first-order chi connectivity index (χ1) is 11.4. The van der Waals surface area contributed by atoms with Gasteiger partial charge in [-0.25, -0.2) is 8.42 Å². The lowest BCUT2D eigenvalue weighted by Gasteiger charge is -2.26. The van der Waals surface area contributed by atoms with Crippen molar-refractivity contribution in [1.82, 2.24) is 10.0 Å². The van der Waals surface area contributed by atoms with Crippen molar-refractivity contribution < 1.29 is 13.2 Å². The maximum absolute atomic E-state index is 12.7. The van der Waals surface area contributed by atoms with E-state index in [9.17, 15) is 13.2 Å². The molecule has 0 spiro atoms. The van der Waals surface area contributed by atoms with Crippen LogP contribution < -0.4 is 10.0 Å². The Morgan fingerprint density at radius 2 is 1.79 bits per heavy atom. The number of hydrogen-bond acceptors (Lipinski definition) is 4. The number of carbonyl (C=O) groups excluding carboxylic acids is 1. The van der Waals surface area contributed by atoms with Crippen LogP contribution in [0.4, 0.5) is 0 Å². The Morgan fingerprint density at radius 3 is 2.33 bits per heavy atom. The van der Waals surface area contributed by atoms with Crippen LogP contribution >= 0.6 is 11.3 Å². The number of hydrogen-bond donors (Lipinski definition) is 2. The fraction of sp³-hybridized carbons (Fsp3) is 0.706. The van der Waals surface area contributed by atoms with Crippen molar-refractivity contribution in [3.8, 4) is 0 Å². The third-order valence-corrected chi connectivity index (χ3v) is 7.28. The minimum absolute atomic E-state index is 0.117. The molecule has 1 heterocycles. The average molecular weight is 373 g/mol. The van der Waals surface area contributed by atoms with Crippen LogP contribution in [0.25, 0.3) is 0 Å². The summed E-state index contributed by atoms with van der Waals surface area (Å²) in [5.74, 6) is -0.330. The van der Waals surface area contributed by atoms with Crippen LogP contribution in [-0.4, -0.2) is 26.4 Å². The van der Waals surface area contributed by atoms with Gasteiger partial charge in [-0.3, -0.25) is 4.79 Å². The summed E-state index contributed by atoms with van der Waals surface area (Å²) in [7, 11) is -3.65. The van der Waals surface area contributed by atoms with E-state index in [4.69, 9.17) is 0 Å². The molecule has 1 aliphatic carbocycles. The normalized spacial score (nSPS) is 18.8. The first-order valence-corrected chi connectivity index (χ1v) is 11.1. The van der Waals surface area contributed by atoms with E-state index in [0.717, 1.165) is 37.0 Å². The Balaban J connectivity index is 2.02. The van der Waals surface area contributed by atoms with Gasteiger partial charge >= 0.3 is 0 Å². The fourth-order valence-electron chi connectivity index (χ4n) is 3.03. The molecular formula is C17H28N2O3S2. The van der Waals surface area contributed by atoms with Gasteiger partial charge < -0.3 is 5.32 Å². The van der Waals surface area contributed by atoms with Crippen molar-refractivity contribution in [1.29, 1.82) is 0 Å². The lowest BCUT2D eigenvalue weighted by atomic mass is 9.96. The highest BCUT2D eigenvalue weighted by Crippen LogP contribution is 2.19. The standard InChI is InChI=1S/C17H28N2O3S2/c1-13(2)16(19-24(21,22)15-11-8-12-23-15)17(20)18-14-9-6-4-3-5-7-10-14/h8,11-14,16,19H,3-7,9-10H2,1-2H3,(H,18,20)/t16-/m1/s1. The molecule has 0 radical (unpaired) electrons. The highest BCUT2D eigenvalue weighted by atomic mass is 32.2. The minimum atomic E-state index is -3.65. The van der Waals surface area contributed by atoms with E-state index < -0.39 is 16.1 Å². The summed E-state index contributed by atoms with van der Waals surface area (Å²) in [6.45, 7) is 3.72. The van der Waals surface area contributed by atoms with Crippen molar-refractivity contribution in [2.24, 2.45) is 5.92 Å². The summed E-state index contributed by atoms with van der Waals surface area (Å²) in [6.07, 6.45) is 7.91. The van der Waals surface area contributed by atoms with Crippen molar-refractivity contribution in [2.45, 2.75) is 75.1 Å². The Hall–Kier alpha value is -0.920. The zero-order valence-electron chi connectivity index (χ0n) is 14.5. The topological polar surface area (TPSA) is 75.3 Å². The molecule has 7 heteroatoms. The summed E-state index contributed by atoms with van der Waals surface area (Å²) in [4.78, 5) is 12.7. The quantitative estimate of drug-likeness (QED) is 0.805. The Bertz CT molecular complexity index is 604. The van der Waals surface area contributed by atoms with Crippen molar-refractivity contribution in [2.75, 3.05) is 0 Å². The van der Waals surface area contributed by atoms with Gasteiger partial charge in [-0.05, 0) is 30.2 Å². The maximum Gasteiger partial charge on any atom is 0.250 e. The predicted molar refractivity (Wildman–Crippen MR) is 97.5 cm³/mol. The van der Waals surface area contributed by atoms with E-state index in [2.05, 4.69) is 10.0 Å². The van der Waals surface area contributed by atoms with E-state index >= 15 is 0 Å². The van der Waals surface area contributed by atoms with Gasteiger partial charge in [-0.2, -0.15) is 4.72 Å². The van der Waals surface area contributed by atoms with Gasteiger partial charge in [0, 0.05) is 6.04 Å². The van der Waals surface area contributed by atoms with Gasteiger partial charge in [-0.1, -0.05) is 52.0 Å². The summed E-state index contributed by atoms with van der Waals surface area (Å²) in [5, 5.41) is 4.79. The molecule has 24 heavy (non-hydrogen) atoms. The van der Waals surface area contributed by atoms with Gasteiger partial charge in [0.15, 0.2) is 0 Å². The molecule has 2 rings (SSSR count). The van der Waals surface area contributed by atoms with E-state index in [1.807, 2.05) is 13.8 Å². The molecule has 1 aliphatic rings. The maximum atomic E-state index is 12.7. The van der Waals surface area contributed by atoms with Crippen LogP contribution in [-0.2, 0) is 14.8 Å². The Labute approximate surface area is 149 Å². The smallest absolute Gasteiger partial charge is 0.250 e. The molecule has 136 valence electrons. The second kappa shape index (κ2) is 8.97. The summed E-state index contributed by atoms with van der Waals surface area (Å²) in [6, 6.07) is 2.66. The van der Waals surface area contributed by atoms with E-state index in [1.54, 1.807) is 17.5 Å². The highest BCUT2D eigenvalue weighted by molar-refractivity contribution is 7.91. The molecule has 0 aromatic carbocycles. The number of carbonyl (C=O) groups is 1. The fourth-order valence-corrected chi connectivity index (χ4v) is 5.38. The van der Waals surface area contributed by atoms with Gasteiger partial charge in [0.05, 0.1) is 0 Å². The SMILES string of the molecule is CC(C)[C@@H](NS(=O)(=O)c1cccs1)C(=O)NC1CCCCCCC1. The van der Waals surface area contributed by atoms with Crippen LogP contribution in [0.15, 0.2) is 21.7 Å². The van der Waals surface area contributed by atoms with Crippen molar-refractivity contribution in [3.63, 3.8) is 0 Å². The minimum Gasteiger partial charge on any atom is -0.352 e. The molecule has 5 nitrogen and oxygen atoms in total. The summed E-state index contributed by atoms with van der Waals surface area (Å²) < 4.78 is 27.7. The molecule has 1 aromatic heterocycles. The van der Waals surface area contributed by atoms with Gasteiger partial charge in [-0.15, -0.1) is 11.3 Å². The average Bonchev–Trinajstić information content (AvgIpc) is 3.02. The number of thiophene rings is 1. The van der Waals surface area contributed by atoms with Crippen molar-refractivity contribution >= 4 is 27.3 Å². The second-order valence-electron chi connectivity index (χ2n) is 6.83. The zero-order valence-corrected chi connectivity index (χ0v) is 16.1. The lowest BCUT2D eigenvalue weighted by Crippen LogP contribution is -2.52. The van der Waals surface area contributed by atoms with E-state index in [0.29, 0.717) is 0 Å². The van der Waals surface area contributed by atoms with Gasteiger partial charge in [0.1, 0.15) is 10.3 Å². The number of rotatable bonds is 6. The van der Waals surface area contributed by atoms with Crippen LogP contribution in [0.1, 0.15) is 58.8 Å². The lowest BCUT2D eigenvalue weighted by molar-refractivity contribution is -0.124. The molecule has 1 atom stereocenters. The van der Waals surface area contributed by atoms with Crippen LogP contribution in [0.3, 0.4) is 0 Å². The van der Waals surface area contributed by atoms with Crippen LogP contribution in [0.2, 0.25) is 0 Å². The first-order valence-electron chi connectivity index (χ1n) is 8.76. The Kier molecular flexibility index (Phi) is 7.25. The Morgan fingerprint density at radius 1 is 1.17 bits per heavy atom. The molecule has 0 aliphatic heterocycles. The molecule has 1 amide bonds. The van der Waals surface area contributed by atoms with Crippen LogP contribution in [0, 0.1) is 5.92 Å². The van der Waals surface area contributed by atoms with Crippen molar-refractivity contribution in [3.05, 3.63) is 17.5 Å². The summed E-state index contributed by atoms with van der Waals surface area (Å²) >= 11 is 1.15. The van der Waals surface area contributed by atoms with Crippen LogP contribution in [0.5, 0.6) is 0 Å². The molecule has 2 N–H and O–H groups in total. The largest absolute Gasteiger partial charge is 0.352 e. The summed E-state index contributed by atoms with van der Waals surface area (Å²) in [5.41, 5.74) is 0. The molecule has 1 aromatic rings. The third-order valence-electron chi connectivity index (χ3n) is 4.44. The van der Waals surface area contributed by atoms with Gasteiger partial charge in [0.25, 0.3) is 10.0 Å². The third kappa shape index (κ3) is 5.57. The van der Waals surface area contributed by atoms with E-state index in [1.165, 1.54) is 19.3 Å². The monoisotopic (exact) mass is 372 g/mol. The molecule has 1 saturated carbocycles. The molecular weight excluding hydrogens is 344 g/mol. The number of amides is 1. The zero-order chi connectivity index (χ0) is 17.6. The predicted octanol–water partition coefficient (Wildman–Crippen LogP) is 3.28. The molecule has 0 unspecified atom stereocenters. The van der Waals surface area contributed by atoms with Gasteiger partial charge in [0.2, 0.25) is 5.91 Å². The number of nitrogens with one attached hydrogen (secondary N) is 2. The highest BCUT2D eigenvalue weighted by Gasteiger charge is 2.30. The first kappa shape index (κ1) is 19.4. The second-order valence-corrected chi connectivity index (χ2v) is 9.71. The van der Waals surface area contributed by atoms with E-state index in [-0.39, 0.29) is 22.1 Å². The molecule has 0 bridgehead atoms. The molecule has 1 fully saturated rings.